The molecule has 7 nitrogen and oxygen atoms in total. The van der Waals surface area contributed by atoms with Gasteiger partial charge >= 0.3 is 0 Å². The average molecular weight is 394 g/mol. The van der Waals surface area contributed by atoms with Crippen molar-refractivity contribution in [1.29, 1.82) is 0 Å². The highest BCUT2D eigenvalue weighted by molar-refractivity contribution is 5.83. The molecule has 0 bridgehead atoms. The Kier molecular flexibility index (Phi) is 3.80. The number of carbonyl (C=O) groups excluding carboxylic acids is 1. The van der Waals surface area contributed by atoms with Gasteiger partial charge in [0.1, 0.15) is 5.54 Å². The lowest BCUT2D eigenvalue weighted by Gasteiger charge is -2.47. The van der Waals surface area contributed by atoms with Crippen molar-refractivity contribution in [2.45, 2.75) is 12.0 Å². The predicted octanol–water partition coefficient (Wildman–Crippen LogP) is 1.66. The number of methoxy groups -OCH3 is 1. The summed E-state index contributed by atoms with van der Waals surface area (Å²) in [7, 11) is 1.74. The van der Waals surface area contributed by atoms with Gasteiger partial charge in [-0.25, -0.2) is 4.98 Å². The van der Waals surface area contributed by atoms with Crippen molar-refractivity contribution in [1.82, 2.24) is 14.5 Å². The first kappa shape index (κ1) is 17.5. The Bertz CT molecular complexity index is 949. The van der Waals surface area contributed by atoms with E-state index in [9.17, 15) is 4.79 Å². The first-order valence-electron chi connectivity index (χ1n) is 10.5. The van der Waals surface area contributed by atoms with Crippen molar-refractivity contribution < 1.29 is 14.3 Å². The topological polar surface area (TPSA) is 59.8 Å². The smallest absolute Gasteiger partial charge is 0.226 e. The van der Waals surface area contributed by atoms with E-state index in [0.29, 0.717) is 30.9 Å². The highest BCUT2D eigenvalue weighted by Crippen LogP contribution is 2.53. The summed E-state index contributed by atoms with van der Waals surface area (Å²) in [5.41, 5.74) is 2.09. The summed E-state index contributed by atoms with van der Waals surface area (Å²) in [5.74, 6) is 2.35. The van der Waals surface area contributed by atoms with Crippen LogP contribution in [0.2, 0.25) is 0 Å². The molecule has 1 saturated carbocycles. The van der Waals surface area contributed by atoms with E-state index in [1.54, 1.807) is 7.11 Å². The second-order valence-electron chi connectivity index (χ2n) is 8.69. The summed E-state index contributed by atoms with van der Waals surface area (Å²) in [6.07, 6.45) is 4.84. The molecular weight excluding hydrogens is 368 g/mol. The maximum atomic E-state index is 13.3. The first-order valence-corrected chi connectivity index (χ1v) is 10.5. The SMILES string of the molecule is COCCN1c2cccnc2-n2cccc2[C@@]12CCN(C(=O)C1[C@H]3COC[C@@H]13)C2. The van der Waals surface area contributed by atoms with Gasteiger partial charge in [-0.05, 0) is 42.5 Å². The quantitative estimate of drug-likeness (QED) is 0.789. The van der Waals surface area contributed by atoms with E-state index in [1.807, 2.05) is 12.3 Å². The molecule has 152 valence electrons. The third kappa shape index (κ3) is 2.37. The zero-order chi connectivity index (χ0) is 19.6. The van der Waals surface area contributed by atoms with Gasteiger partial charge in [-0.3, -0.25) is 4.79 Å². The molecule has 0 radical (unpaired) electrons. The van der Waals surface area contributed by atoms with Gasteiger partial charge in [0, 0.05) is 45.1 Å². The van der Waals surface area contributed by atoms with Crippen molar-refractivity contribution >= 4 is 11.6 Å². The van der Waals surface area contributed by atoms with Crippen LogP contribution >= 0.6 is 0 Å². The van der Waals surface area contributed by atoms with Crippen LogP contribution in [0, 0.1) is 17.8 Å². The number of pyridine rings is 1. The van der Waals surface area contributed by atoms with Crippen LogP contribution in [0.1, 0.15) is 12.1 Å². The van der Waals surface area contributed by atoms with Crippen LogP contribution in [0.5, 0.6) is 0 Å². The fourth-order valence-electron chi connectivity index (χ4n) is 5.84. The third-order valence-electron chi connectivity index (χ3n) is 7.34. The number of hydrogen-bond acceptors (Lipinski definition) is 5. The van der Waals surface area contributed by atoms with Gasteiger partial charge in [0.25, 0.3) is 0 Å². The third-order valence-corrected chi connectivity index (χ3v) is 7.34. The lowest BCUT2D eigenvalue weighted by molar-refractivity contribution is -0.133. The van der Waals surface area contributed by atoms with E-state index >= 15 is 0 Å². The standard InChI is InChI=1S/C22H26N4O3/c1-28-11-10-26-17-4-2-7-23-20(17)25-8-3-5-18(25)22(26)6-9-24(14-22)21(27)19-15-12-29-13-16(15)19/h2-5,7-8,15-16,19H,6,9-14H2,1H3/t15-,16+,19?,22-/m0/s1. The van der Waals surface area contributed by atoms with Gasteiger partial charge in [0.2, 0.25) is 5.91 Å². The Hall–Kier alpha value is -2.38. The van der Waals surface area contributed by atoms with Crippen molar-refractivity contribution in [2.75, 3.05) is 51.5 Å². The summed E-state index contributed by atoms with van der Waals surface area (Å²) in [5, 5.41) is 0. The van der Waals surface area contributed by atoms with E-state index in [4.69, 9.17) is 9.47 Å². The molecule has 3 aliphatic heterocycles. The van der Waals surface area contributed by atoms with Crippen LogP contribution in [-0.4, -0.2) is 66.9 Å². The second kappa shape index (κ2) is 6.31. The highest BCUT2D eigenvalue weighted by Gasteiger charge is 2.60. The molecule has 2 aromatic rings. The highest BCUT2D eigenvalue weighted by atomic mass is 16.5. The minimum absolute atomic E-state index is 0.177. The van der Waals surface area contributed by atoms with Crippen LogP contribution in [-0.2, 0) is 19.8 Å². The molecule has 0 aromatic carbocycles. The van der Waals surface area contributed by atoms with Crippen molar-refractivity contribution in [3.63, 3.8) is 0 Å². The van der Waals surface area contributed by atoms with Crippen LogP contribution < -0.4 is 4.90 Å². The number of anilines is 1. The van der Waals surface area contributed by atoms with Gasteiger partial charge < -0.3 is 23.8 Å². The van der Waals surface area contributed by atoms with Gasteiger partial charge in [0.15, 0.2) is 5.82 Å². The minimum Gasteiger partial charge on any atom is -0.383 e. The number of ether oxygens (including phenoxy) is 2. The average Bonchev–Trinajstić information content (AvgIpc) is 3.23. The fourth-order valence-corrected chi connectivity index (χ4v) is 5.84. The molecule has 7 heteroatoms. The van der Waals surface area contributed by atoms with E-state index < -0.39 is 0 Å². The monoisotopic (exact) mass is 394 g/mol. The molecule has 1 spiro atoms. The zero-order valence-corrected chi connectivity index (χ0v) is 16.7. The summed E-state index contributed by atoms with van der Waals surface area (Å²) >= 11 is 0. The van der Waals surface area contributed by atoms with E-state index in [2.05, 4.69) is 43.7 Å². The molecule has 3 fully saturated rings. The Morgan fingerprint density at radius 1 is 1.31 bits per heavy atom. The summed E-state index contributed by atoms with van der Waals surface area (Å²) in [4.78, 5) is 22.5. The first-order chi connectivity index (χ1) is 14.2. The summed E-state index contributed by atoms with van der Waals surface area (Å²) < 4.78 is 13.1. The molecule has 1 amide bonds. The second-order valence-corrected chi connectivity index (χ2v) is 8.69. The number of carbonyl (C=O) groups is 1. The number of aromatic nitrogens is 2. The van der Waals surface area contributed by atoms with Crippen molar-refractivity contribution in [3.05, 3.63) is 42.4 Å². The number of likely N-dealkylation sites (tertiary alicyclic amines) is 1. The minimum atomic E-state index is -0.242. The number of fused-ring (bicyclic) bond motifs is 5. The van der Waals surface area contributed by atoms with E-state index in [1.165, 1.54) is 5.69 Å². The number of rotatable bonds is 4. The zero-order valence-electron chi connectivity index (χ0n) is 16.7. The normalized spacial score (nSPS) is 31.7. The van der Waals surface area contributed by atoms with Crippen LogP contribution in [0.3, 0.4) is 0 Å². The summed E-state index contributed by atoms with van der Waals surface area (Å²) in [6, 6.07) is 8.40. The Morgan fingerprint density at radius 2 is 2.17 bits per heavy atom. The molecule has 6 rings (SSSR count). The maximum Gasteiger partial charge on any atom is 0.226 e. The summed E-state index contributed by atoms with van der Waals surface area (Å²) in [6.45, 7) is 4.41. The van der Waals surface area contributed by atoms with Gasteiger partial charge in [-0.1, -0.05) is 0 Å². The van der Waals surface area contributed by atoms with E-state index in [0.717, 1.165) is 44.2 Å². The fraction of sp³-hybridized carbons (Fsp3) is 0.545. The molecule has 4 atom stereocenters. The molecule has 2 saturated heterocycles. The maximum absolute atomic E-state index is 13.3. The number of hydrogen-bond donors (Lipinski definition) is 0. The van der Waals surface area contributed by atoms with Gasteiger partial charge in [-0.2, -0.15) is 0 Å². The Labute approximate surface area is 170 Å². The van der Waals surface area contributed by atoms with Gasteiger partial charge in [-0.15, -0.1) is 0 Å². The van der Waals surface area contributed by atoms with Crippen LogP contribution in [0.15, 0.2) is 36.7 Å². The molecule has 0 N–H and O–H groups in total. The lowest BCUT2D eigenvalue weighted by atomic mass is 9.89. The molecular formula is C22H26N4O3. The van der Waals surface area contributed by atoms with Crippen LogP contribution in [0.25, 0.3) is 5.82 Å². The van der Waals surface area contributed by atoms with Gasteiger partial charge in [0.05, 0.1) is 31.2 Å². The van der Waals surface area contributed by atoms with E-state index in [-0.39, 0.29) is 11.5 Å². The molecule has 29 heavy (non-hydrogen) atoms. The Morgan fingerprint density at radius 3 is 3.00 bits per heavy atom. The van der Waals surface area contributed by atoms with Crippen molar-refractivity contribution in [3.8, 4) is 5.82 Å². The predicted molar refractivity (Wildman–Crippen MR) is 107 cm³/mol. The van der Waals surface area contributed by atoms with Crippen LogP contribution in [0.4, 0.5) is 5.69 Å². The lowest BCUT2D eigenvalue weighted by Crippen LogP contribution is -2.54. The van der Waals surface area contributed by atoms with Crippen molar-refractivity contribution in [2.24, 2.45) is 17.8 Å². The molecule has 2 aromatic heterocycles. The molecule has 1 unspecified atom stereocenters. The largest absolute Gasteiger partial charge is 0.383 e. The molecule has 5 heterocycles. The number of nitrogens with zero attached hydrogens (tertiary/aromatic N) is 4. The number of amides is 1. The Balaban J connectivity index is 1.37. The molecule has 1 aliphatic carbocycles. The molecule has 4 aliphatic rings.